The second kappa shape index (κ2) is 6.49. The molecule has 0 heterocycles. The highest BCUT2D eigenvalue weighted by molar-refractivity contribution is 9.10. The molecular weight excluding hydrogens is 334 g/mol. The summed E-state index contributed by atoms with van der Waals surface area (Å²) in [5.74, 6) is -1.51. The molecule has 0 radical (unpaired) electrons. The van der Waals surface area contributed by atoms with Gasteiger partial charge >= 0.3 is 5.97 Å². The molecule has 0 amide bonds. The van der Waals surface area contributed by atoms with E-state index in [4.69, 9.17) is 5.11 Å². The third-order valence-corrected chi connectivity index (χ3v) is 4.83. The highest BCUT2D eigenvalue weighted by atomic mass is 79.9. The fraction of sp³-hybridized carbons (Fsp3) is 0.417. The number of nitrogens with one attached hydrogen (secondary N) is 1. The zero-order chi connectivity index (χ0) is 14.6. The molecule has 0 aliphatic heterocycles. The molecule has 0 fully saturated rings. The van der Waals surface area contributed by atoms with Gasteiger partial charge in [0, 0.05) is 11.0 Å². The number of benzene rings is 1. The third-order valence-electron chi connectivity index (χ3n) is 2.73. The van der Waals surface area contributed by atoms with Gasteiger partial charge in [0.2, 0.25) is 10.0 Å². The van der Waals surface area contributed by atoms with E-state index >= 15 is 0 Å². The van der Waals surface area contributed by atoms with Crippen LogP contribution in [-0.4, -0.2) is 26.0 Å². The van der Waals surface area contributed by atoms with Crippen molar-refractivity contribution in [2.75, 3.05) is 6.54 Å². The number of hydrogen-bond acceptors (Lipinski definition) is 3. The van der Waals surface area contributed by atoms with Crippen molar-refractivity contribution in [1.82, 2.24) is 4.72 Å². The van der Waals surface area contributed by atoms with Crippen LogP contribution < -0.4 is 4.72 Å². The number of sulfonamides is 1. The normalized spacial score (nSPS) is 13.2. The Hall–Kier alpha value is -0.920. The Kier molecular flexibility index (Phi) is 5.51. The molecule has 1 atom stereocenters. The van der Waals surface area contributed by atoms with Gasteiger partial charge in [-0.25, -0.2) is 13.1 Å². The van der Waals surface area contributed by atoms with Gasteiger partial charge in [0.05, 0.1) is 10.8 Å². The third kappa shape index (κ3) is 4.59. The minimum absolute atomic E-state index is 0.0990. The highest BCUT2D eigenvalue weighted by Gasteiger charge is 2.18. The number of carboxylic acids is 1. The molecule has 0 aromatic heterocycles. The highest BCUT2D eigenvalue weighted by Crippen LogP contribution is 2.20. The van der Waals surface area contributed by atoms with Crippen LogP contribution in [0.3, 0.4) is 0 Å². The lowest BCUT2D eigenvalue weighted by atomic mass is 10.1. The number of aryl methyl sites for hydroxylation is 1. The first-order valence-corrected chi connectivity index (χ1v) is 8.00. The maximum absolute atomic E-state index is 12.1. The van der Waals surface area contributed by atoms with Crippen LogP contribution in [0.25, 0.3) is 0 Å². The van der Waals surface area contributed by atoms with Crippen LogP contribution in [-0.2, 0) is 14.8 Å². The fourth-order valence-corrected chi connectivity index (χ4v) is 3.30. The Morgan fingerprint density at radius 2 is 2.11 bits per heavy atom. The fourth-order valence-electron chi connectivity index (χ4n) is 1.47. The van der Waals surface area contributed by atoms with Crippen LogP contribution in [0, 0.1) is 12.8 Å². The average molecular weight is 350 g/mol. The van der Waals surface area contributed by atoms with Gasteiger partial charge in [-0.3, -0.25) is 4.79 Å². The molecule has 0 spiro atoms. The van der Waals surface area contributed by atoms with Crippen LogP contribution in [0.5, 0.6) is 0 Å². The second-order valence-corrected chi connectivity index (χ2v) is 6.99. The first-order valence-electron chi connectivity index (χ1n) is 5.72. The average Bonchev–Trinajstić information content (AvgIpc) is 2.31. The van der Waals surface area contributed by atoms with Crippen molar-refractivity contribution in [3.63, 3.8) is 0 Å². The van der Waals surface area contributed by atoms with Crippen molar-refractivity contribution in [1.29, 1.82) is 0 Å². The van der Waals surface area contributed by atoms with Crippen molar-refractivity contribution >= 4 is 31.9 Å². The lowest BCUT2D eigenvalue weighted by molar-refractivity contribution is -0.141. The summed E-state index contributed by atoms with van der Waals surface area (Å²) in [7, 11) is -3.61. The van der Waals surface area contributed by atoms with E-state index in [1.165, 1.54) is 6.07 Å². The summed E-state index contributed by atoms with van der Waals surface area (Å²) in [5.41, 5.74) is 0.641. The standard InChI is InChI=1S/C12H16BrNO4S/c1-8-3-4-10(13)7-11(8)19(17,18)14-6-5-9(2)12(15)16/h3-4,7,9,14H,5-6H2,1-2H3,(H,15,16). The topological polar surface area (TPSA) is 83.5 Å². The molecule has 2 N–H and O–H groups in total. The van der Waals surface area contributed by atoms with Crippen LogP contribution >= 0.6 is 15.9 Å². The SMILES string of the molecule is Cc1ccc(Br)cc1S(=O)(=O)NCCC(C)C(=O)O. The number of halogens is 1. The molecule has 1 aromatic carbocycles. The minimum atomic E-state index is -3.61. The Balaban J connectivity index is 2.76. The van der Waals surface area contributed by atoms with Crippen molar-refractivity contribution in [3.05, 3.63) is 28.2 Å². The number of carbonyl (C=O) groups is 1. The van der Waals surface area contributed by atoms with Gasteiger partial charge in [-0.05, 0) is 31.0 Å². The van der Waals surface area contributed by atoms with Gasteiger partial charge in [-0.15, -0.1) is 0 Å². The van der Waals surface area contributed by atoms with Crippen LogP contribution in [0.4, 0.5) is 0 Å². The summed E-state index contributed by atoms with van der Waals surface area (Å²) in [4.78, 5) is 10.8. The maximum atomic E-state index is 12.1. The molecule has 7 heteroatoms. The Morgan fingerprint density at radius 1 is 1.47 bits per heavy atom. The summed E-state index contributed by atoms with van der Waals surface area (Å²) < 4.78 is 27.2. The summed E-state index contributed by atoms with van der Waals surface area (Å²) in [6.07, 6.45) is 0.252. The molecule has 1 rings (SSSR count). The van der Waals surface area contributed by atoms with Gasteiger partial charge in [-0.1, -0.05) is 28.9 Å². The van der Waals surface area contributed by atoms with E-state index in [1.54, 1.807) is 26.0 Å². The minimum Gasteiger partial charge on any atom is -0.481 e. The smallest absolute Gasteiger partial charge is 0.306 e. The van der Waals surface area contributed by atoms with E-state index in [0.717, 1.165) is 0 Å². The van der Waals surface area contributed by atoms with Crippen LogP contribution in [0.15, 0.2) is 27.6 Å². The molecule has 0 saturated carbocycles. The van der Waals surface area contributed by atoms with Crippen molar-refractivity contribution < 1.29 is 18.3 Å². The van der Waals surface area contributed by atoms with Crippen molar-refractivity contribution in [2.45, 2.75) is 25.2 Å². The molecule has 0 aliphatic carbocycles. The Bertz CT molecular complexity index is 571. The van der Waals surface area contributed by atoms with Gasteiger partial charge in [-0.2, -0.15) is 0 Å². The van der Waals surface area contributed by atoms with E-state index in [1.807, 2.05) is 0 Å². The molecule has 5 nitrogen and oxygen atoms in total. The number of aliphatic carboxylic acids is 1. The van der Waals surface area contributed by atoms with E-state index in [9.17, 15) is 13.2 Å². The summed E-state index contributed by atoms with van der Waals surface area (Å²) in [5, 5.41) is 8.73. The second-order valence-electron chi connectivity index (χ2n) is 4.34. The number of carboxylic acid groups (broad SMARTS) is 1. The van der Waals surface area contributed by atoms with E-state index in [2.05, 4.69) is 20.7 Å². The molecule has 106 valence electrons. The first kappa shape index (κ1) is 16.1. The maximum Gasteiger partial charge on any atom is 0.306 e. The zero-order valence-electron chi connectivity index (χ0n) is 10.7. The van der Waals surface area contributed by atoms with E-state index in [-0.39, 0.29) is 17.9 Å². The van der Waals surface area contributed by atoms with Crippen LogP contribution in [0.1, 0.15) is 18.9 Å². The lowest BCUT2D eigenvalue weighted by Gasteiger charge is -2.11. The predicted molar refractivity (Wildman–Crippen MR) is 75.5 cm³/mol. The van der Waals surface area contributed by atoms with Gasteiger partial charge in [0.25, 0.3) is 0 Å². The Morgan fingerprint density at radius 3 is 2.68 bits per heavy atom. The number of hydrogen-bond donors (Lipinski definition) is 2. The Labute approximate surface area is 121 Å². The van der Waals surface area contributed by atoms with Crippen molar-refractivity contribution in [3.8, 4) is 0 Å². The molecule has 19 heavy (non-hydrogen) atoms. The van der Waals surface area contributed by atoms with Crippen LogP contribution in [0.2, 0.25) is 0 Å². The number of rotatable bonds is 6. The van der Waals surface area contributed by atoms with Crippen molar-refractivity contribution in [2.24, 2.45) is 5.92 Å². The van der Waals surface area contributed by atoms with E-state index in [0.29, 0.717) is 10.0 Å². The summed E-state index contributed by atoms with van der Waals surface area (Å²) >= 11 is 3.23. The molecule has 1 unspecified atom stereocenters. The monoisotopic (exact) mass is 349 g/mol. The molecule has 0 aliphatic rings. The summed E-state index contributed by atoms with van der Waals surface area (Å²) in [6, 6.07) is 5.00. The zero-order valence-corrected chi connectivity index (χ0v) is 13.1. The quantitative estimate of drug-likeness (QED) is 0.824. The molecule has 0 bridgehead atoms. The first-order chi connectivity index (χ1) is 8.74. The predicted octanol–water partition coefficient (Wildman–Crippen LogP) is 2.15. The lowest BCUT2D eigenvalue weighted by Crippen LogP contribution is -2.27. The largest absolute Gasteiger partial charge is 0.481 e. The molecular formula is C12H16BrNO4S. The summed E-state index contributed by atoms with van der Waals surface area (Å²) in [6.45, 7) is 3.35. The van der Waals surface area contributed by atoms with Gasteiger partial charge < -0.3 is 5.11 Å². The van der Waals surface area contributed by atoms with E-state index < -0.39 is 21.9 Å². The molecule has 1 aromatic rings. The molecule has 0 saturated heterocycles. The van der Waals surface area contributed by atoms with Gasteiger partial charge in [0.1, 0.15) is 0 Å². The van der Waals surface area contributed by atoms with Gasteiger partial charge in [0.15, 0.2) is 0 Å².